The topological polar surface area (TPSA) is 26.3 Å². The zero-order valence-corrected chi connectivity index (χ0v) is 13.4. The van der Waals surface area contributed by atoms with Gasteiger partial charge in [-0.3, -0.25) is 4.79 Å². The Morgan fingerprint density at radius 1 is 0.895 bits per heavy atom. The number of carbonyl (C=O) groups is 1. The molecule has 1 atom stereocenters. The highest BCUT2D eigenvalue weighted by Crippen LogP contribution is 2.11. The molecule has 2 nitrogen and oxygen atoms in total. The zero-order chi connectivity index (χ0) is 14.3. The number of hydrogen-bond acceptors (Lipinski definition) is 2. The number of esters is 1. The molecule has 0 spiro atoms. The summed E-state index contributed by atoms with van der Waals surface area (Å²) in [6.45, 7) is 7.22. The minimum atomic E-state index is -0.00201. The Morgan fingerprint density at radius 2 is 1.47 bits per heavy atom. The summed E-state index contributed by atoms with van der Waals surface area (Å²) in [5.41, 5.74) is 0. The average molecular weight is 270 g/mol. The second-order valence-corrected chi connectivity index (χ2v) is 5.80. The third-order valence-corrected chi connectivity index (χ3v) is 3.56. The number of hydrogen-bond donors (Lipinski definition) is 0. The Kier molecular flexibility index (Phi) is 13.5. The van der Waals surface area contributed by atoms with Crippen molar-refractivity contribution >= 4 is 5.97 Å². The smallest absolute Gasteiger partial charge is 0.305 e. The largest absolute Gasteiger partial charge is 0.465 e. The van der Waals surface area contributed by atoms with E-state index in [0.717, 1.165) is 6.42 Å². The third-order valence-electron chi connectivity index (χ3n) is 3.56. The van der Waals surface area contributed by atoms with E-state index in [4.69, 9.17) is 4.74 Å². The first-order chi connectivity index (χ1) is 9.20. The lowest BCUT2D eigenvalue weighted by Gasteiger charge is -2.11. The van der Waals surface area contributed by atoms with Gasteiger partial charge in [0, 0.05) is 6.42 Å². The fourth-order valence-corrected chi connectivity index (χ4v) is 2.18. The normalized spacial score (nSPS) is 12.4. The maximum absolute atomic E-state index is 11.5. The fourth-order valence-electron chi connectivity index (χ4n) is 2.18. The highest BCUT2D eigenvalue weighted by molar-refractivity contribution is 5.69. The molecule has 0 aromatic rings. The molecule has 0 rings (SSSR count). The van der Waals surface area contributed by atoms with E-state index in [0.29, 0.717) is 18.9 Å². The Bertz CT molecular complexity index is 201. The van der Waals surface area contributed by atoms with Gasteiger partial charge in [-0.2, -0.15) is 0 Å². The van der Waals surface area contributed by atoms with Crippen LogP contribution in [0, 0.1) is 5.92 Å². The van der Waals surface area contributed by atoms with Crippen LogP contribution < -0.4 is 0 Å². The summed E-state index contributed by atoms with van der Waals surface area (Å²) in [5.74, 6) is 0.512. The molecule has 114 valence electrons. The van der Waals surface area contributed by atoms with Gasteiger partial charge in [-0.15, -0.1) is 0 Å². The quantitative estimate of drug-likeness (QED) is 0.326. The number of rotatable bonds is 13. The standard InChI is InChI=1S/C17H34O2/c1-4-6-8-9-10-12-14-17(18)19-15-16(3)13-11-7-5-2/h16H,4-15H2,1-3H3. The van der Waals surface area contributed by atoms with Crippen LogP contribution in [0.5, 0.6) is 0 Å². The molecule has 0 aromatic heterocycles. The van der Waals surface area contributed by atoms with Crippen molar-refractivity contribution in [2.75, 3.05) is 6.61 Å². The van der Waals surface area contributed by atoms with E-state index in [1.165, 1.54) is 57.8 Å². The van der Waals surface area contributed by atoms with Crippen LogP contribution in [0.4, 0.5) is 0 Å². The first kappa shape index (κ1) is 18.5. The molecule has 0 aliphatic heterocycles. The monoisotopic (exact) mass is 270 g/mol. The van der Waals surface area contributed by atoms with Crippen molar-refractivity contribution < 1.29 is 9.53 Å². The van der Waals surface area contributed by atoms with Gasteiger partial charge in [0.25, 0.3) is 0 Å². The highest BCUT2D eigenvalue weighted by atomic mass is 16.5. The van der Waals surface area contributed by atoms with Crippen LogP contribution in [0.2, 0.25) is 0 Å². The SMILES string of the molecule is CCCCCCCCC(=O)OCC(C)CCCCC. The van der Waals surface area contributed by atoms with Crippen LogP contribution in [0.25, 0.3) is 0 Å². The molecule has 2 heteroatoms. The molecule has 0 heterocycles. The number of carbonyl (C=O) groups excluding carboxylic acids is 1. The molecule has 0 aliphatic rings. The van der Waals surface area contributed by atoms with E-state index >= 15 is 0 Å². The van der Waals surface area contributed by atoms with Crippen molar-refractivity contribution in [3.63, 3.8) is 0 Å². The van der Waals surface area contributed by atoms with E-state index in [9.17, 15) is 4.79 Å². The van der Waals surface area contributed by atoms with Crippen molar-refractivity contribution in [1.82, 2.24) is 0 Å². The van der Waals surface area contributed by atoms with Gasteiger partial charge in [0.15, 0.2) is 0 Å². The van der Waals surface area contributed by atoms with Gasteiger partial charge in [-0.1, -0.05) is 72.1 Å². The molecule has 0 amide bonds. The molecule has 0 aliphatic carbocycles. The van der Waals surface area contributed by atoms with Gasteiger partial charge in [-0.25, -0.2) is 0 Å². The van der Waals surface area contributed by atoms with Crippen molar-refractivity contribution in [3.05, 3.63) is 0 Å². The van der Waals surface area contributed by atoms with E-state index < -0.39 is 0 Å². The molecular weight excluding hydrogens is 236 g/mol. The summed E-state index contributed by atoms with van der Waals surface area (Å²) in [4.78, 5) is 11.5. The first-order valence-electron chi connectivity index (χ1n) is 8.36. The Morgan fingerprint density at radius 3 is 2.16 bits per heavy atom. The molecule has 19 heavy (non-hydrogen) atoms. The van der Waals surface area contributed by atoms with Gasteiger partial charge in [0.1, 0.15) is 0 Å². The van der Waals surface area contributed by atoms with Crippen LogP contribution in [-0.4, -0.2) is 12.6 Å². The number of unbranched alkanes of at least 4 members (excludes halogenated alkanes) is 7. The van der Waals surface area contributed by atoms with Crippen molar-refractivity contribution in [2.24, 2.45) is 5.92 Å². The third kappa shape index (κ3) is 13.7. The molecule has 0 saturated carbocycles. The van der Waals surface area contributed by atoms with Crippen LogP contribution in [0.15, 0.2) is 0 Å². The summed E-state index contributed by atoms with van der Waals surface area (Å²) in [6, 6.07) is 0. The van der Waals surface area contributed by atoms with E-state index in [1.54, 1.807) is 0 Å². The Balaban J connectivity index is 3.33. The van der Waals surface area contributed by atoms with Crippen molar-refractivity contribution in [3.8, 4) is 0 Å². The van der Waals surface area contributed by atoms with Crippen LogP contribution in [0.3, 0.4) is 0 Å². The molecular formula is C17H34O2. The van der Waals surface area contributed by atoms with Crippen LogP contribution in [0.1, 0.15) is 91.4 Å². The lowest BCUT2D eigenvalue weighted by Crippen LogP contribution is -2.11. The lowest BCUT2D eigenvalue weighted by molar-refractivity contribution is -0.145. The predicted octanol–water partition coefficient (Wildman–Crippen LogP) is 5.50. The predicted molar refractivity (Wildman–Crippen MR) is 82.3 cm³/mol. The van der Waals surface area contributed by atoms with Crippen LogP contribution in [-0.2, 0) is 9.53 Å². The minimum Gasteiger partial charge on any atom is -0.465 e. The minimum absolute atomic E-state index is 0.00201. The van der Waals surface area contributed by atoms with Gasteiger partial charge >= 0.3 is 5.97 Å². The summed E-state index contributed by atoms with van der Waals surface area (Å²) in [5, 5.41) is 0. The highest BCUT2D eigenvalue weighted by Gasteiger charge is 2.07. The number of ether oxygens (including phenoxy) is 1. The summed E-state index contributed by atoms with van der Waals surface area (Å²) in [6.07, 6.45) is 12.9. The summed E-state index contributed by atoms with van der Waals surface area (Å²) < 4.78 is 5.32. The van der Waals surface area contributed by atoms with Crippen LogP contribution >= 0.6 is 0 Å². The van der Waals surface area contributed by atoms with Gasteiger partial charge < -0.3 is 4.74 Å². The zero-order valence-electron chi connectivity index (χ0n) is 13.4. The Hall–Kier alpha value is -0.530. The first-order valence-corrected chi connectivity index (χ1v) is 8.36. The Labute approximate surface area is 120 Å². The summed E-state index contributed by atoms with van der Waals surface area (Å²) >= 11 is 0. The second kappa shape index (κ2) is 13.9. The van der Waals surface area contributed by atoms with E-state index in [-0.39, 0.29) is 5.97 Å². The van der Waals surface area contributed by atoms with E-state index in [2.05, 4.69) is 20.8 Å². The maximum Gasteiger partial charge on any atom is 0.305 e. The second-order valence-electron chi connectivity index (χ2n) is 5.80. The molecule has 0 bridgehead atoms. The van der Waals surface area contributed by atoms with E-state index in [1.807, 2.05) is 0 Å². The van der Waals surface area contributed by atoms with Gasteiger partial charge in [0.05, 0.1) is 6.61 Å². The molecule has 0 radical (unpaired) electrons. The molecule has 1 unspecified atom stereocenters. The molecule has 0 saturated heterocycles. The molecule has 0 fully saturated rings. The van der Waals surface area contributed by atoms with Crippen molar-refractivity contribution in [1.29, 1.82) is 0 Å². The van der Waals surface area contributed by atoms with Crippen molar-refractivity contribution in [2.45, 2.75) is 91.4 Å². The summed E-state index contributed by atoms with van der Waals surface area (Å²) in [7, 11) is 0. The molecule has 0 aromatic carbocycles. The average Bonchev–Trinajstić information content (AvgIpc) is 2.40. The van der Waals surface area contributed by atoms with Gasteiger partial charge in [0.2, 0.25) is 0 Å². The molecule has 0 N–H and O–H groups in total. The maximum atomic E-state index is 11.5. The lowest BCUT2D eigenvalue weighted by atomic mass is 10.0. The fraction of sp³-hybridized carbons (Fsp3) is 0.941. The van der Waals surface area contributed by atoms with Gasteiger partial charge in [-0.05, 0) is 18.8 Å².